The number of benzene rings is 1. The van der Waals surface area contributed by atoms with E-state index in [0.29, 0.717) is 5.56 Å². The maximum absolute atomic E-state index is 13.2. The lowest BCUT2D eigenvalue weighted by Gasteiger charge is -2.42. The number of hydrogen-bond donors (Lipinski definition) is 2. The number of esters is 1. The van der Waals surface area contributed by atoms with Gasteiger partial charge in [0.2, 0.25) is 11.8 Å². The molecule has 1 aromatic carbocycles. The Morgan fingerprint density at radius 3 is 2.19 bits per heavy atom. The number of ether oxygens (including phenoxy) is 2. The Balaban J connectivity index is 2.26. The molecule has 0 saturated heterocycles. The number of nitrogens with one attached hydrogen (secondary N) is 2. The highest BCUT2D eigenvalue weighted by molar-refractivity contribution is 5.92. The second-order valence-corrected chi connectivity index (χ2v) is 8.85. The summed E-state index contributed by atoms with van der Waals surface area (Å²) in [6.07, 6.45) is 1.75. The van der Waals surface area contributed by atoms with Gasteiger partial charge in [-0.2, -0.15) is 0 Å². The van der Waals surface area contributed by atoms with Gasteiger partial charge in [-0.05, 0) is 52.5 Å². The summed E-state index contributed by atoms with van der Waals surface area (Å²) in [6, 6.07) is 6.21. The van der Waals surface area contributed by atoms with E-state index in [1.54, 1.807) is 32.9 Å². The first-order chi connectivity index (χ1) is 15.0. The van der Waals surface area contributed by atoms with Crippen LogP contribution in [-0.2, 0) is 23.9 Å². The molecule has 1 saturated carbocycles. The Morgan fingerprint density at radius 1 is 1.06 bits per heavy atom. The largest absolute Gasteiger partial charge is 0.468 e. The van der Waals surface area contributed by atoms with Crippen molar-refractivity contribution in [1.29, 1.82) is 0 Å². The molecule has 2 N–H and O–H groups in total. The van der Waals surface area contributed by atoms with Crippen molar-refractivity contribution in [2.45, 2.75) is 64.6 Å². The smallest absolute Gasteiger partial charge is 0.408 e. The number of methoxy groups -OCH3 is 1. The molecular formula is C23H33N3O6. The first-order valence-corrected chi connectivity index (χ1v) is 10.7. The van der Waals surface area contributed by atoms with E-state index in [-0.39, 0.29) is 19.1 Å². The maximum atomic E-state index is 13.2. The van der Waals surface area contributed by atoms with Crippen LogP contribution in [0.1, 0.15) is 57.2 Å². The molecule has 0 bridgehead atoms. The standard InChI is InChI=1S/C23H33N3O6/c1-15-9-11-16(12-10-15)20(21(29)24-14-19(28)31-5)26(17-7-6-8-17)18(27)13-25-22(30)32-23(2,3)4/h9-12,17,20H,6-8,13-14H2,1-5H3,(H,24,29)(H,25,30). The van der Waals surface area contributed by atoms with Crippen molar-refractivity contribution in [3.8, 4) is 0 Å². The number of rotatable bonds is 8. The summed E-state index contributed by atoms with van der Waals surface area (Å²) in [4.78, 5) is 51.4. The van der Waals surface area contributed by atoms with Crippen LogP contribution in [-0.4, -0.2) is 60.6 Å². The number of aryl methyl sites for hydroxylation is 1. The summed E-state index contributed by atoms with van der Waals surface area (Å²) in [6.45, 7) is 6.50. The van der Waals surface area contributed by atoms with Crippen molar-refractivity contribution in [2.24, 2.45) is 0 Å². The molecule has 2 rings (SSSR count). The molecule has 32 heavy (non-hydrogen) atoms. The number of alkyl carbamates (subject to hydrolysis) is 1. The topological polar surface area (TPSA) is 114 Å². The van der Waals surface area contributed by atoms with Crippen molar-refractivity contribution in [1.82, 2.24) is 15.5 Å². The predicted octanol–water partition coefficient (Wildman–Crippen LogP) is 2.23. The minimum Gasteiger partial charge on any atom is -0.468 e. The molecule has 176 valence electrons. The summed E-state index contributed by atoms with van der Waals surface area (Å²) in [5.41, 5.74) is 0.935. The zero-order chi connectivity index (χ0) is 23.9. The van der Waals surface area contributed by atoms with Crippen LogP contribution in [0.25, 0.3) is 0 Å². The third-order valence-electron chi connectivity index (χ3n) is 5.09. The average molecular weight is 448 g/mol. The van der Waals surface area contributed by atoms with Crippen LogP contribution in [0.5, 0.6) is 0 Å². The monoisotopic (exact) mass is 447 g/mol. The van der Waals surface area contributed by atoms with Gasteiger partial charge in [0.25, 0.3) is 0 Å². The SMILES string of the molecule is COC(=O)CNC(=O)C(c1ccc(C)cc1)N(C(=O)CNC(=O)OC(C)(C)C)C1CCC1. The van der Waals surface area contributed by atoms with E-state index in [1.807, 2.05) is 19.1 Å². The normalized spacial score (nSPS) is 14.5. The number of nitrogens with zero attached hydrogens (tertiary/aromatic N) is 1. The molecule has 1 aliphatic carbocycles. The van der Waals surface area contributed by atoms with Crippen LogP contribution in [0.4, 0.5) is 4.79 Å². The molecule has 0 aromatic heterocycles. The zero-order valence-corrected chi connectivity index (χ0v) is 19.4. The first kappa shape index (κ1) is 25.2. The fourth-order valence-corrected chi connectivity index (χ4v) is 3.29. The van der Waals surface area contributed by atoms with Crippen LogP contribution in [0.3, 0.4) is 0 Å². The number of amides is 3. The Bertz CT molecular complexity index is 827. The molecule has 0 heterocycles. The van der Waals surface area contributed by atoms with Gasteiger partial charge < -0.3 is 25.0 Å². The van der Waals surface area contributed by atoms with Crippen molar-refractivity contribution >= 4 is 23.9 Å². The van der Waals surface area contributed by atoms with Gasteiger partial charge in [-0.15, -0.1) is 0 Å². The molecule has 0 radical (unpaired) electrons. The fourth-order valence-electron chi connectivity index (χ4n) is 3.29. The van der Waals surface area contributed by atoms with E-state index >= 15 is 0 Å². The lowest BCUT2D eigenvalue weighted by Crippen LogP contribution is -2.54. The molecule has 1 atom stereocenters. The molecule has 0 aliphatic heterocycles. The second-order valence-electron chi connectivity index (χ2n) is 8.85. The molecule has 1 unspecified atom stereocenters. The zero-order valence-electron chi connectivity index (χ0n) is 19.4. The van der Waals surface area contributed by atoms with Gasteiger partial charge in [-0.3, -0.25) is 14.4 Å². The summed E-state index contributed by atoms with van der Waals surface area (Å²) in [5.74, 6) is -1.48. The number of hydrogen-bond acceptors (Lipinski definition) is 6. The highest BCUT2D eigenvalue weighted by Gasteiger charge is 2.39. The third-order valence-corrected chi connectivity index (χ3v) is 5.09. The summed E-state index contributed by atoms with van der Waals surface area (Å²) in [5, 5.41) is 5.04. The Morgan fingerprint density at radius 2 is 1.69 bits per heavy atom. The molecule has 3 amide bonds. The Hall–Kier alpha value is -3.10. The maximum Gasteiger partial charge on any atom is 0.408 e. The summed E-state index contributed by atoms with van der Waals surface area (Å²) < 4.78 is 9.80. The van der Waals surface area contributed by atoms with Crippen LogP contribution in [0.15, 0.2) is 24.3 Å². The Labute approximate surface area is 188 Å². The number of carbonyl (C=O) groups excluding carboxylic acids is 4. The minimum absolute atomic E-state index is 0.141. The highest BCUT2D eigenvalue weighted by atomic mass is 16.6. The van der Waals surface area contributed by atoms with Crippen LogP contribution in [0, 0.1) is 6.92 Å². The van der Waals surface area contributed by atoms with E-state index in [2.05, 4.69) is 15.4 Å². The molecule has 9 heteroatoms. The van der Waals surface area contributed by atoms with E-state index < -0.39 is 35.5 Å². The van der Waals surface area contributed by atoms with Crippen molar-refractivity contribution < 1.29 is 28.7 Å². The van der Waals surface area contributed by atoms with Gasteiger partial charge >= 0.3 is 12.1 Å². The molecule has 0 spiro atoms. The molecule has 1 fully saturated rings. The van der Waals surface area contributed by atoms with Crippen molar-refractivity contribution in [3.05, 3.63) is 35.4 Å². The highest BCUT2D eigenvalue weighted by Crippen LogP contribution is 2.33. The second kappa shape index (κ2) is 11.0. The molecular weight excluding hydrogens is 414 g/mol. The van der Waals surface area contributed by atoms with Gasteiger partial charge in [0.1, 0.15) is 24.7 Å². The third kappa shape index (κ3) is 7.25. The van der Waals surface area contributed by atoms with E-state index in [9.17, 15) is 19.2 Å². The van der Waals surface area contributed by atoms with Crippen LogP contribution >= 0.6 is 0 Å². The van der Waals surface area contributed by atoms with E-state index in [4.69, 9.17) is 4.74 Å². The summed E-state index contributed by atoms with van der Waals surface area (Å²) >= 11 is 0. The fraction of sp³-hybridized carbons (Fsp3) is 0.565. The molecule has 9 nitrogen and oxygen atoms in total. The van der Waals surface area contributed by atoms with Crippen LogP contribution < -0.4 is 10.6 Å². The van der Waals surface area contributed by atoms with E-state index in [1.165, 1.54) is 12.0 Å². The van der Waals surface area contributed by atoms with Gasteiger partial charge in [-0.1, -0.05) is 29.8 Å². The summed E-state index contributed by atoms with van der Waals surface area (Å²) in [7, 11) is 1.23. The van der Waals surface area contributed by atoms with Gasteiger partial charge in [0.05, 0.1) is 7.11 Å². The van der Waals surface area contributed by atoms with Gasteiger partial charge in [0.15, 0.2) is 0 Å². The van der Waals surface area contributed by atoms with Gasteiger partial charge in [0, 0.05) is 6.04 Å². The van der Waals surface area contributed by atoms with E-state index in [0.717, 1.165) is 24.8 Å². The van der Waals surface area contributed by atoms with Crippen LogP contribution in [0.2, 0.25) is 0 Å². The minimum atomic E-state index is -0.946. The molecule has 1 aliphatic rings. The first-order valence-electron chi connectivity index (χ1n) is 10.7. The lowest BCUT2D eigenvalue weighted by atomic mass is 9.88. The Kier molecular flexibility index (Phi) is 8.63. The predicted molar refractivity (Wildman–Crippen MR) is 118 cm³/mol. The van der Waals surface area contributed by atoms with Gasteiger partial charge in [-0.25, -0.2) is 4.79 Å². The number of carbonyl (C=O) groups is 4. The lowest BCUT2D eigenvalue weighted by molar-refractivity contribution is -0.146. The average Bonchev–Trinajstić information content (AvgIpc) is 2.68. The quantitative estimate of drug-likeness (QED) is 0.591. The van der Waals surface area contributed by atoms with Crippen molar-refractivity contribution in [2.75, 3.05) is 20.2 Å². The van der Waals surface area contributed by atoms with Crippen molar-refractivity contribution in [3.63, 3.8) is 0 Å². The molecule has 1 aromatic rings.